The predicted molar refractivity (Wildman–Crippen MR) is 88.1 cm³/mol. The summed E-state index contributed by atoms with van der Waals surface area (Å²) in [4.78, 5) is 0. The van der Waals surface area contributed by atoms with Gasteiger partial charge in [0.25, 0.3) is 0 Å². The van der Waals surface area contributed by atoms with Gasteiger partial charge >= 0.3 is 0 Å². The summed E-state index contributed by atoms with van der Waals surface area (Å²) < 4.78 is 0. The van der Waals surface area contributed by atoms with E-state index in [9.17, 15) is 0 Å². The predicted octanol–water partition coefficient (Wildman–Crippen LogP) is 5.21. The molecule has 3 unspecified atom stereocenters. The zero-order valence-corrected chi connectivity index (χ0v) is 13.9. The van der Waals surface area contributed by atoms with Gasteiger partial charge in [-0.15, -0.1) is 0 Å². The van der Waals surface area contributed by atoms with E-state index < -0.39 is 0 Å². The number of benzene rings is 1. The van der Waals surface area contributed by atoms with E-state index in [1.807, 2.05) is 0 Å². The van der Waals surface area contributed by atoms with E-state index in [1.54, 1.807) is 5.56 Å². The molecule has 0 aliphatic heterocycles. The van der Waals surface area contributed by atoms with E-state index in [1.165, 1.54) is 31.2 Å². The molecule has 1 aromatic rings. The quantitative estimate of drug-likeness (QED) is 0.776. The number of hydrogen-bond donors (Lipinski definition) is 1. The van der Waals surface area contributed by atoms with E-state index in [4.69, 9.17) is 0 Å². The summed E-state index contributed by atoms with van der Waals surface area (Å²) in [5, 5.41) is 3.88. The summed E-state index contributed by atoms with van der Waals surface area (Å²) >= 11 is 0. The molecule has 0 aromatic heterocycles. The van der Waals surface area contributed by atoms with Crippen LogP contribution in [0.15, 0.2) is 24.3 Å². The van der Waals surface area contributed by atoms with E-state index in [-0.39, 0.29) is 0 Å². The third kappa shape index (κ3) is 3.44. The zero-order valence-electron chi connectivity index (χ0n) is 13.9. The third-order valence-corrected chi connectivity index (χ3v) is 5.06. The van der Waals surface area contributed by atoms with Gasteiger partial charge in [0.15, 0.2) is 0 Å². The Hall–Kier alpha value is -0.820. The number of nitrogens with one attached hydrogen (secondary N) is 1. The van der Waals surface area contributed by atoms with Crippen molar-refractivity contribution >= 4 is 0 Å². The Morgan fingerprint density at radius 1 is 1.25 bits per heavy atom. The van der Waals surface area contributed by atoms with Crippen molar-refractivity contribution < 1.29 is 0 Å². The maximum atomic E-state index is 3.88. The minimum absolute atomic E-state index is 0.328. The highest BCUT2D eigenvalue weighted by Crippen LogP contribution is 2.41. The second kappa shape index (κ2) is 6.30. The van der Waals surface area contributed by atoms with Crippen LogP contribution in [0.4, 0.5) is 0 Å². The monoisotopic (exact) mass is 273 g/mol. The van der Waals surface area contributed by atoms with Crippen LogP contribution in [0, 0.1) is 5.92 Å². The Morgan fingerprint density at radius 3 is 2.65 bits per heavy atom. The van der Waals surface area contributed by atoms with Gasteiger partial charge in [0.2, 0.25) is 0 Å². The van der Waals surface area contributed by atoms with Gasteiger partial charge in [0, 0.05) is 12.1 Å². The molecule has 20 heavy (non-hydrogen) atoms. The minimum atomic E-state index is 0.328. The third-order valence-electron chi connectivity index (χ3n) is 5.06. The van der Waals surface area contributed by atoms with Crippen LogP contribution < -0.4 is 5.32 Å². The van der Waals surface area contributed by atoms with Crippen LogP contribution in [0.2, 0.25) is 0 Å². The summed E-state index contributed by atoms with van der Waals surface area (Å²) in [6, 6.07) is 10.2. The fraction of sp³-hybridized carbons (Fsp3) is 0.684. The second-order valence-electron chi connectivity index (χ2n) is 7.38. The normalized spacial score (nSPS) is 23.9. The van der Waals surface area contributed by atoms with Gasteiger partial charge in [0.05, 0.1) is 0 Å². The van der Waals surface area contributed by atoms with Crippen molar-refractivity contribution in [2.75, 3.05) is 0 Å². The van der Waals surface area contributed by atoms with Gasteiger partial charge in [-0.05, 0) is 48.6 Å². The summed E-state index contributed by atoms with van der Waals surface area (Å²) in [6.45, 7) is 11.7. The molecule has 1 N–H and O–H groups in total. The number of hydrogen-bond acceptors (Lipinski definition) is 1. The first-order valence-electron chi connectivity index (χ1n) is 8.29. The Morgan fingerprint density at radius 2 is 1.95 bits per heavy atom. The highest BCUT2D eigenvalue weighted by molar-refractivity contribution is 5.38. The first-order chi connectivity index (χ1) is 9.44. The summed E-state index contributed by atoms with van der Waals surface area (Å²) in [5.74, 6) is 0.813. The molecule has 1 nitrogen and oxygen atoms in total. The molecule has 1 heteroatoms. The molecule has 1 aliphatic rings. The maximum absolute atomic E-state index is 3.88. The summed E-state index contributed by atoms with van der Waals surface area (Å²) in [6.07, 6.45) is 5.09. The highest BCUT2D eigenvalue weighted by atomic mass is 14.9. The Balaban J connectivity index is 2.11. The van der Waals surface area contributed by atoms with Crippen molar-refractivity contribution in [3.8, 4) is 0 Å². The van der Waals surface area contributed by atoms with Gasteiger partial charge in [-0.25, -0.2) is 0 Å². The molecule has 0 radical (unpaired) electrons. The molecule has 0 heterocycles. The smallest absolute Gasteiger partial charge is 0.0325 e. The molecule has 0 spiro atoms. The van der Waals surface area contributed by atoms with Gasteiger partial charge in [-0.3, -0.25) is 0 Å². The van der Waals surface area contributed by atoms with Crippen molar-refractivity contribution in [2.24, 2.45) is 5.92 Å². The average molecular weight is 273 g/mol. The molecule has 3 atom stereocenters. The molecule has 0 fully saturated rings. The SMILES string of the molecule is CCC(C)CC(C)NC1CCC(C)(C)c2ccccc21. The molecule has 0 saturated carbocycles. The topological polar surface area (TPSA) is 12.0 Å². The van der Waals surface area contributed by atoms with E-state index >= 15 is 0 Å². The summed E-state index contributed by atoms with van der Waals surface area (Å²) in [5.41, 5.74) is 3.40. The molecule has 2 rings (SSSR count). The lowest BCUT2D eigenvalue weighted by atomic mass is 9.71. The van der Waals surface area contributed by atoms with Gasteiger partial charge in [0.1, 0.15) is 0 Å². The molecule has 1 aliphatic carbocycles. The van der Waals surface area contributed by atoms with Crippen LogP contribution in [0.25, 0.3) is 0 Å². The van der Waals surface area contributed by atoms with Gasteiger partial charge < -0.3 is 5.32 Å². The lowest BCUT2D eigenvalue weighted by molar-refractivity contribution is 0.315. The Kier molecular flexibility index (Phi) is 4.90. The standard InChI is InChI=1S/C19H31N/c1-6-14(2)13-15(3)20-18-11-12-19(4,5)17-10-8-7-9-16(17)18/h7-10,14-15,18,20H,6,11-13H2,1-5H3. The van der Waals surface area contributed by atoms with Crippen LogP contribution in [0.1, 0.15) is 77.5 Å². The molecule has 112 valence electrons. The molecule has 0 bridgehead atoms. The Labute approximate surface area is 125 Å². The van der Waals surface area contributed by atoms with Crippen molar-refractivity contribution in [1.82, 2.24) is 5.32 Å². The lowest BCUT2D eigenvalue weighted by Gasteiger charge is -2.38. The molecular weight excluding hydrogens is 242 g/mol. The fourth-order valence-corrected chi connectivity index (χ4v) is 3.57. The molecule has 1 aromatic carbocycles. The summed E-state index contributed by atoms with van der Waals surface area (Å²) in [7, 11) is 0. The number of fused-ring (bicyclic) bond motifs is 1. The molecule has 0 amide bonds. The zero-order chi connectivity index (χ0) is 14.8. The minimum Gasteiger partial charge on any atom is -0.307 e. The Bertz CT molecular complexity index is 435. The van der Waals surface area contributed by atoms with Crippen molar-refractivity contribution in [1.29, 1.82) is 0 Å². The van der Waals surface area contributed by atoms with Gasteiger partial charge in [-0.1, -0.05) is 58.4 Å². The van der Waals surface area contributed by atoms with Crippen LogP contribution in [-0.2, 0) is 5.41 Å². The number of rotatable bonds is 5. The van der Waals surface area contributed by atoms with E-state index in [0.29, 0.717) is 17.5 Å². The lowest BCUT2D eigenvalue weighted by Crippen LogP contribution is -2.37. The van der Waals surface area contributed by atoms with Crippen LogP contribution >= 0.6 is 0 Å². The van der Waals surface area contributed by atoms with Crippen LogP contribution in [0.5, 0.6) is 0 Å². The average Bonchev–Trinajstić information content (AvgIpc) is 2.42. The van der Waals surface area contributed by atoms with Crippen LogP contribution in [-0.4, -0.2) is 6.04 Å². The van der Waals surface area contributed by atoms with Crippen molar-refractivity contribution in [3.05, 3.63) is 35.4 Å². The van der Waals surface area contributed by atoms with E-state index in [2.05, 4.69) is 64.2 Å². The van der Waals surface area contributed by atoms with Crippen molar-refractivity contribution in [3.63, 3.8) is 0 Å². The van der Waals surface area contributed by atoms with Gasteiger partial charge in [-0.2, -0.15) is 0 Å². The second-order valence-corrected chi connectivity index (χ2v) is 7.38. The fourth-order valence-electron chi connectivity index (χ4n) is 3.57. The first-order valence-corrected chi connectivity index (χ1v) is 8.29. The largest absolute Gasteiger partial charge is 0.307 e. The van der Waals surface area contributed by atoms with Crippen molar-refractivity contribution in [2.45, 2.75) is 77.8 Å². The first kappa shape index (κ1) is 15.6. The molecule has 0 saturated heterocycles. The van der Waals surface area contributed by atoms with Crippen LogP contribution in [0.3, 0.4) is 0 Å². The van der Waals surface area contributed by atoms with E-state index in [0.717, 1.165) is 5.92 Å². The maximum Gasteiger partial charge on any atom is 0.0325 e. The highest BCUT2D eigenvalue weighted by Gasteiger charge is 2.32. The molecular formula is C19H31N.